The highest BCUT2D eigenvalue weighted by Gasteiger charge is 2.16. The van der Waals surface area contributed by atoms with Crippen LogP contribution in [0.1, 0.15) is 5.56 Å². The van der Waals surface area contributed by atoms with Crippen molar-refractivity contribution in [2.75, 3.05) is 33.7 Å². The number of pyridine rings is 1. The molecule has 0 aliphatic heterocycles. The highest BCUT2D eigenvalue weighted by Crippen LogP contribution is 2.16. The van der Waals surface area contributed by atoms with E-state index in [1.54, 1.807) is 25.6 Å². The van der Waals surface area contributed by atoms with Gasteiger partial charge in [-0.05, 0) is 11.8 Å². The van der Waals surface area contributed by atoms with Gasteiger partial charge in [-0.15, -0.1) is 11.8 Å². The molecule has 0 aliphatic carbocycles. The van der Waals surface area contributed by atoms with Crippen LogP contribution in [0, 0.1) is 11.3 Å². The Labute approximate surface area is 139 Å². The topological polar surface area (TPSA) is 93.5 Å². The highest BCUT2D eigenvalue weighted by molar-refractivity contribution is 8.02. The van der Waals surface area contributed by atoms with E-state index in [0.717, 1.165) is 5.56 Å². The first kappa shape index (κ1) is 18.8. The second kappa shape index (κ2) is 10.5. The molecule has 0 radical (unpaired) electrons. The summed E-state index contributed by atoms with van der Waals surface area (Å²) in [6.45, 7) is 0.804. The molecule has 0 aliphatic rings. The monoisotopic (exact) mass is 337 g/mol. The Bertz CT molecular complexity index is 581. The Kier molecular flexibility index (Phi) is 8.57. The molecule has 1 rings (SSSR count). The van der Waals surface area contributed by atoms with Gasteiger partial charge in [-0.1, -0.05) is 6.07 Å². The van der Waals surface area contributed by atoms with Crippen molar-refractivity contribution in [2.45, 2.75) is 6.54 Å². The van der Waals surface area contributed by atoms with Crippen molar-refractivity contribution < 1.29 is 19.0 Å². The minimum atomic E-state index is -0.672. The number of carbonyl (C=O) groups excluding carboxylic acids is 1. The van der Waals surface area contributed by atoms with Crippen LogP contribution in [0.5, 0.6) is 5.88 Å². The molecular formula is C15H19N3O4S. The lowest BCUT2D eigenvalue weighted by Gasteiger charge is -2.11. The van der Waals surface area contributed by atoms with E-state index in [0.29, 0.717) is 17.5 Å². The number of rotatable bonds is 9. The Morgan fingerprint density at radius 2 is 2.17 bits per heavy atom. The maximum absolute atomic E-state index is 11.9. The molecule has 1 heterocycles. The fraction of sp³-hybridized carbons (Fsp3) is 0.400. The molecule has 23 heavy (non-hydrogen) atoms. The maximum Gasteiger partial charge on any atom is 0.351 e. The number of hydrogen-bond acceptors (Lipinski definition) is 8. The van der Waals surface area contributed by atoms with Crippen LogP contribution in [0.3, 0.4) is 0 Å². The molecule has 124 valence electrons. The third-order valence-electron chi connectivity index (χ3n) is 2.73. The third-order valence-corrected chi connectivity index (χ3v) is 3.48. The molecule has 0 aromatic carbocycles. The number of aromatic nitrogens is 1. The minimum absolute atomic E-state index is 0.0601. The normalized spacial score (nSPS) is 11.2. The average molecular weight is 337 g/mol. The van der Waals surface area contributed by atoms with E-state index < -0.39 is 5.97 Å². The van der Waals surface area contributed by atoms with Gasteiger partial charge < -0.3 is 19.5 Å². The van der Waals surface area contributed by atoms with Gasteiger partial charge in [0.2, 0.25) is 5.88 Å². The molecule has 1 N–H and O–H groups in total. The Hall–Kier alpha value is -2.24. The van der Waals surface area contributed by atoms with Gasteiger partial charge in [0, 0.05) is 25.9 Å². The van der Waals surface area contributed by atoms with Gasteiger partial charge in [-0.3, -0.25) is 0 Å². The van der Waals surface area contributed by atoms with Crippen molar-refractivity contribution in [3.8, 4) is 11.9 Å². The van der Waals surface area contributed by atoms with E-state index in [-0.39, 0.29) is 18.8 Å². The molecule has 0 spiro atoms. The number of hydrogen-bond donors (Lipinski definition) is 1. The standard InChI is InChI=1S/C15H19N3O4S/c1-20-6-7-22-15(19)12(8-16)14(23-3)18-10-11-4-5-13(21-2)17-9-11/h4-5,9,18H,6-7,10H2,1-3H3/b14-12-. The summed E-state index contributed by atoms with van der Waals surface area (Å²) in [6, 6.07) is 5.47. The molecule has 0 amide bonds. The van der Waals surface area contributed by atoms with Gasteiger partial charge in [0.25, 0.3) is 0 Å². The van der Waals surface area contributed by atoms with E-state index in [9.17, 15) is 10.1 Å². The molecule has 7 nitrogen and oxygen atoms in total. The Morgan fingerprint density at radius 1 is 1.39 bits per heavy atom. The van der Waals surface area contributed by atoms with Crippen LogP contribution in [-0.2, 0) is 20.8 Å². The molecular weight excluding hydrogens is 318 g/mol. The van der Waals surface area contributed by atoms with Crippen molar-refractivity contribution in [1.82, 2.24) is 10.3 Å². The number of carbonyl (C=O) groups is 1. The highest BCUT2D eigenvalue weighted by atomic mass is 32.2. The summed E-state index contributed by atoms with van der Waals surface area (Å²) >= 11 is 1.27. The SMILES string of the molecule is COCCOC(=O)/C(C#N)=C(/NCc1ccc(OC)nc1)SC. The molecule has 0 saturated heterocycles. The zero-order valence-corrected chi connectivity index (χ0v) is 14.1. The van der Waals surface area contributed by atoms with Gasteiger partial charge >= 0.3 is 5.97 Å². The predicted molar refractivity (Wildman–Crippen MR) is 86.6 cm³/mol. The second-order valence-electron chi connectivity index (χ2n) is 4.21. The van der Waals surface area contributed by atoms with Crippen LogP contribution in [0.4, 0.5) is 0 Å². The quantitative estimate of drug-likeness (QED) is 0.313. The fourth-order valence-corrected chi connectivity index (χ4v) is 2.11. The summed E-state index contributed by atoms with van der Waals surface area (Å²) in [4.78, 5) is 16.0. The van der Waals surface area contributed by atoms with Crippen molar-refractivity contribution in [1.29, 1.82) is 5.26 Å². The lowest BCUT2D eigenvalue weighted by Crippen LogP contribution is -2.18. The number of nitriles is 1. The molecule has 0 saturated carbocycles. The zero-order chi connectivity index (χ0) is 17.1. The molecule has 0 fully saturated rings. The summed E-state index contributed by atoms with van der Waals surface area (Å²) in [5, 5.41) is 12.7. The molecule has 0 bridgehead atoms. The fourth-order valence-electron chi connectivity index (χ4n) is 1.56. The lowest BCUT2D eigenvalue weighted by molar-refractivity contribution is -0.139. The van der Waals surface area contributed by atoms with E-state index in [2.05, 4.69) is 10.3 Å². The largest absolute Gasteiger partial charge is 0.481 e. The third kappa shape index (κ3) is 6.18. The van der Waals surface area contributed by atoms with E-state index in [1.165, 1.54) is 18.9 Å². The van der Waals surface area contributed by atoms with Crippen LogP contribution in [-0.4, -0.2) is 44.6 Å². The second-order valence-corrected chi connectivity index (χ2v) is 5.03. The van der Waals surface area contributed by atoms with Crippen molar-refractivity contribution >= 4 is 17.7 Å². The summed E-state index contributed by atoms with van der Waals surface area (Å²) in [5.41, 5.74) is 0.831. The summed E-state index contributed by atoms with van der Waals surface area (Å²) < 4.78 is 14.8. The summed E-state index contributed by atoms with van der Waals surface area (Å²) in [5.74, 6) is -0.150. The van der Waals surface area contributed by atoms with E-state index in [4.69, 9.17) is 14.2 Å². The maximum atomic E-state index is 11.9. The number of nitrogens with zero attached hydrogens (tertiary/aromatic N) is 2. The number of methoxy groups -OCH3 is 2. The van der Waals surface area contributed by atoms with E-state index >= 15 is 0 Å². The first-order valence-corrected chi connectivity index (χ1v) is 7.96. The smallest absolute Gasteiger partial charge is 0.351 e. The zero-order valence-electron chi connectivity index (χ0n) is 13.3. The van der Waals surface area contributed by atoms with Crippen LogP contribution in [0.2, 0.25) is 0 Å². The number of esters is 1. The number of ether oxygens (including phenoxy) is 3. The molecule has 1 aromatic heterocycles. The summed E-state index contributed by atoms with van der Waals surface area (Å²) in [7, 11) is 3.05. The van der Waals surface area contributed by atoms with Gasteiger partial charge in [-0.2, -0.15) is 5.26 Å². The molecule has 0 atom stereocenters. The Morgan fingerprint density at radius 3 is 2.70 bits per heavy atom. The van der Waals surface area contributed by atoms with Crippen LogP contribution in [0.25, 0.3) is 0 Å². The predicted octanol–water partition coefficient (Wildman–Crippen LogP) is 1.47. The Balaban J connectivity index is 2.74. The van der Waals surface area contributed by atoms with Gasteiger partial charge in [-0.25, -0.2) is 9.78 Å². The first-order chi connectivity index (χ1) is 11.2. The first-order valence-electron chi connectivity index (χ1n) is 6.73. The lowest BCUT2D eigenvalue weighted by atomic mass is 10.2. The van der Waals surface area contributed by atoms with Crippen molar-refractivity contribution in [3.05, 3.63) is 34.5 Å². The van der Waals surface area contributed by atoms with Crippen LogP contribution >= 0.6 is 11.8 Å². The summed E-state index contributed by atoms with van der Waals surface area (Å²) in [6.07, 6.45) is 3.43. The molecule has 8 heteroatoms. The van der Waals surface area contributed by atoms with E-state index in [1.807, 2.05) is 12.1 Å². The number of thioether (sulfide) groups is 1. The van der Waals surface area contributed by atoms with Crippen LogP contribution < -0.4 is 10.1 Å². The van der Waals surface area contributed by atoms with Gasteiger partial charge in [0.15, 0.2) is 5.57 Å². The minimum Gasteiger partial charge on any atom is -0.481 e. The van der Waals surface area contributed by atoms with Crippen molar-refractivity contribution in [3.63, 3.8) is 0 Å². The molecule has 1 aromatic rings. The molecule has 0 unspecified atom stereocenters. The van der Waals surface area contributed by atoms with Gasteiger partial charge in [0.1, 0.15) is 12.7 Å². The van der Waals surface area contributed by atoms with Crippen LogP contribution in [0.15, 0.2) is 28.9 Å². The number of nitrogens with one attached hydrogen (secondary N) is 1. The average Bonchev–Trinajstić information content (AvgIpc) is 2.59. The van der Waals surface area contributed by atoms with Gasteiger partial charge in [0.05, 0.1) is 18.7 Å². The van der Waals surface area contributed by atoms with Crippen molar-refractivity contribution in [2.24, 2.45) is 0 Å².